The van der Waals surface area contributed by atoms with E-state index in [1.807, 2.05) is 6.92 Å². The first-order valence-electron chi connectivity index (χ1n) is 6.26. The maximum atomic E-state index is 11.7. The molecule has 17 heavy (non-hydrogen) atoms. The van der Waals surface area contributed by atoms with Gasteiger partial charge in [-0.1, -0.05) is 0 Å². The predicted octanol–water partition coefficient (Wildman–Crippen LogP) is 0.493. The number of ether oxygens (including phenoxy) is 1. The molecule has 2 N–H and O–H groups in total. The average Bonchev–Trinajstić information content (AvgIpc) is 2.30. The summed E-state index contributed by atoms with van der Waals surface area (Å²) in [5.41, 5.74) is 0. The fraction of sp³-hybridized carbons (Fsp3) is 1.00. The molecule has 6 heteroatoms. The van der Waals surface area contributed by atoms with Crippen LogP contribution in [0, 0.1) is 5.92 Å². The first-order valence-corrected chi connectivity index (χ1v) is 7.91. The molecule has 1 aliphatic carbocycles. The molecule has 0 aromatic heterocycles. The Balaban J connectivity index is 2.28. The van der Waals surface area contributed by atoms with Gasteiger partial charge in [0.05, 0.1) is 12.4 Å². The topological polar surface area (TPSA) is 75.6 Å². The lowest BCUT2D eigenvalue weighted by molar-refractivity contribution is 0.162. The summed E-state index contributed by atoms with van der Waals surface area (Å²) in [6.45, 7) is 2.84. The highest BCUT2D eigenvalue weighted by Crippen LogP contribution is 2.24. The Morgan fingerprint density at radius 1 is 1.29 bits per heavy atom. The van der Waals surface area contributed by atoms with E-state index in [0.717, 1.165) is 25.7 Å². The maximum Gasteiger partial charge on any atom is 0.214 e. The Morgan fingerprint density at radius 2 is 1.94 bits per heavy atom. The van der Waals surface area contributed by atoms with Gasteiger partial charge >= 0.3 is 0 Å². The van der Waals surface area contributed by atoms with E-state index in [9.17, 15) is 8.42 Å². The molecule has 102 valence electrons. The lowest BCUT2D eigenvalue weighted by Gasteiger charge is -2.27. The molecule has 0 aliphatic heterocycles. The summed E-state index contributed by atoms with van der Waals surface area (Å²) >= 11 is 0. The third-order valence-electron chi connectivity index (χ3n) is 3.15. The molecule has 0 aromatic rings. The second-order valence-electron chi connectivity index (χ2n) is 4.53. The molecule has 0 radical (unpaired) electrons. The van der Waals surface area contributed by atoms with E-state index < -0.39 is 10.0 Å². The Morgan fingerprint density at radius 3 is 2.47 bits per heavy atom. The molecular weight excluding hydrogens is 242 g/mol. The van der Waals surface area contributed by atoms with Crippen molar-refractivity contribution in [3.63, 3.8) is 0 Å². The zero-order valence-electron chi connectivity index (χ0n) is 10.4. The molecule has 1 saturated carbocycles. The molecule has 5 nitrogen and oxygen atoms in total. The maximum absolute atomic E-state index is 11.7. The third-order valence-corrected chi connectivity index (χ3v) is 4.55. The molecule has 0 heterocycles. The van der Waals surface area contributed by atoms with Crippen molar-refractivity contribution in [3.05, 3.63) is 0 Å². The number of rotatable bonds is 7. The van der Waals surface area contributed by atoms with E-state index in [1.54, 1.807) is 0 Å². The van der Waals surface area contributed by atoms with E-state index in [2.05, 4.69) is 4.72 Å². The van der Waals surface area contributed by atoms with Crippen LogP contribution in [0.15, 0.2) is 0 Å². The summed E-state index contributed by atoms with van der Waals surface area (Å²) in [7, 11) is -3.22. The first kappa shape index (κ1) is 14.9. The van der Waals surface area contributed by atoms with Crippen LogP contribution in [0.4, 0.5) is 0 Å². The molecular formula is C11H23NO4S. The Hall–Kier alpha value is -0.170. The lowest BCUT2D eigenvalue weighted by atomic mass is 9.87. The molecule has 0 spiro atoms. The highest BCUT2D eigenvalue weighted by Gasteiger charge is 2.24. The highest BCUT2D eigenvalue weighted by molar-refractivity contribution is 7.89. The van der Waals surface area contributed by atoms with Gasteiger partial charge in [0.25, 0.3) is 0 Å². The SMILES string of the molecule is CCOCCS(=O)(=O)NC1CCC(CO)CC1. The summed E-state index contributed by atoms with van der Waals surface area (Å²) in [6.07, 6.45) is 3.43. The number of sulfonamides is 1. The largest absolute Gasteiger partial charge is 0.396 e. The van der Waals surface area contributed by atoms with Gasteiger partial charge in [0.15, 0.2) is 0 Å². The van der Waals surface area contributed by atoms with Gasteiger partial charge in [-0.05, 0) is 38.5 Å². The van der Waals surface area contributed by atoms with Gasteiger partial charge in [-0.2, -0.15) is 0 Å². The van der Waals surface area contributed by atoms with Crippen LogP contribution in [0.5, 0.6) is 0 Å². The molecule has 1 aliphatic rings. The molecule has 0 bridgehead atoms. The Bertz CT molecular complexity index is 297. The van der Waals surface area contributed by atoms with Crippen molar-refractivity contribution in [1.82, 2.24) is 4.72 Å². The van der Waals surface area contributed by atoms with Crippen molar-refractivity contribution >= 4 is 10.0 Å². The van der Waals surface area contributed by atoms with Crippen molar-refractivity contribution in [2.24, 2.45) is 5.92 Å². The van der Waals surface area contributed by atoms with Crippen molar-refractivity contribution < 1.29 is 18.3 Å². The second kappa shape index (κ2) is 7.31. The minimum Gasteiger partial charge on any atom is -0.396 e. The van der Waals surface area contributed by atoms with Crippen LogP contribution in [0.2, 0.25) is 0 Å². The van der Waals surface area contributed by atoms with E-state index in [-0.39, 0.29) is 25.0 Å². The van der Waals surface area contributed by atoms with Gasteiger partial charge in [0.1, 0.15) is 0 Å². The van der Waals surface area contributed by atoms with Crippen molar-refractivity contribution in [2.75, 3.05) is 25.6 Å². The number of nitrogens with one attached hydrogen (secondary N) is 1. The Kier molecular flexibility index (Phi) is 6.40. The van der Waals surface area contributed by atoms with Crippen LogP contribution in [0.25, 0.3) is 0 Å². The van der Waals surface area contributed by atoms with Crippen LogP contribution in [-0.4, -0.2) is 45.1 Å². The minimum atomic E-state index is -3.22. The summed E-state index contributed by atoms with van der Waals surface area (Å²) in [5.74, 6) is 0.375. The standard InChI is InChI=1S/C11H23NO4S/c1-2-16-7-8-17(14,15)12-11-5-3-10(9-13)4-6-11/h10-13H,2-9H2,1H3. The molecule has 0 atom stereocenters. The number of aliphatic hydroxyl groups is 1. The van der Waals surface area contributed by atoms with E-state index in [0.29, 0.717) is 12.5 Å². The normalized spacial score (nSPS) is 26.0. The molecule has 1 fully saturated rings. The summed E-state index contributed by atoms with van der Waals surface area (Å²) in [5, 5.41) is 9.00. The van der Waals surface area contributed by atoms with Gasteiger partial charge in [0, 0.05) is 19.3 Å². The molecule has 0 saturated heterocycles. The van der Waals surface area contributed by atoms with Crippen molar-refractivity contribution in [1.29, 1.82) is 0 Å². The number of aliphatic hydroxyl groups excluding tert-OH is 1. The zero-order chi connectivity index (χ0) is 12.7. The lowest BCUT2D eigenvalue weighted by Crippen LogP contribution is -2.40. The molecule has 0 unspecified atom stereocenters. The van der Waals surface area contributed by atoms with E-state index in [4.69, 9.17) is 9.84 Å². The van der Waals surface area contributed by atoms with Gasteiger partial charge in [0.2, 0.25) is 10.0 Å². The minimum absolute atomic E-state index is 0.0285. The van der Waals surface area contributed by atoms with Crippen LogP contribution in [0.1, 0.15) is 32.6 Å². The van der Waals surface area contributed by atoms with E-state index >= 15 is 0 Å². The molecule has 1 rings (SSSR count). The monoisotopic (exact) mass is 265 g/mol. The second-order valence-corrected chi connectivity index (χ2v) is 6.41. The first-order chi connectivity index (χ1) is 8.07. The zero-order valence-corrected chi connectivity index (χ0v) is 11.2. The van der Waals surface area contributed by atoms with Gasteiger partial charge in [-0.15, -0.1) is 0 Å². The fourth-order valence-electron chi connectivity index (χ4n) is 2.09. The van der Waals surface area contributed by atoms with Gasteiger partial charge < -0.3 is 9.84 Å². The third kappa shape index (κ3) is 5.81. The number of hydrogen-bond acceptors (Lipinski definition) is 4. The summed E-state index contributed by atoms with van der Waals surface area (Å²) < 4.78 is 31.1. The fourth-order valence-corrected chi connectivity index (χ4v) is 3.29. The summed E-state index contributed by atoms with van der Waals surface area (Å²) in [6, 6.07) is 0.0319. The quantitative estimate of drug-likeness (QED) is 0.657. The Labute approximate surface area is 104 Å². The van der Waals surface area contributed by atoms with Crippen LogP contribution in [0.3, 0.4) is 0 Å². The van der Waals surface area contributed by atoms with Gasteiger partial charge in [-0.25, -0.2) is 13.1 Å². The summed E-state index contributed by atoms with van der Waals surface area (Å²) in [4.78, 5) is 0. The van der Waals surface area contributed by atoms with Crippen molar-refractivity contribution in [3.8, 4) is 0 Å². The van der Waals surface area contributed by atoms with Crippen molar-refractivity contribution in [2.45, 2.75) is 38.6 Å². The molecule has 0 amide bonds. The number of hydrogen-bond donors (Lipinski definition) is 2. The van der Waals surface area contributed by atoms with Crippen LogP contribution in [-0.2, 0) is 14.8 Å². The smallest absolute Gasteiger partial charge is 0.214 e. The predicted molar refractivity (Wildman–Crippen MR) is 66.2 cm³/mol. The van der Waals surface area contributed by atoms with Gasteiger partial charge in [-0.3, -0.25) is 0 Å². The average molecular weight is 265 g/mol. The van der Waals surface area contributed by atoms with E-state index in [1.165, 1.54) is 0 Å². The van der Waals surface area contributed by atoms with Crippen LogP contribution >= 0.6 is 0 Å². The highest BCUT2D eigenvalue weighted by atomic mass is 32.2. The van der Waals surface area contributed by atoms with Crippen LogP contribution < -0.4 is 4.72 Å². The molecule has 0 aromatic carbocycles.